The lowest BCUT2D eigenvalue weighted by molar-refractivity contribution is -0.134. The van der Waals surface area contributed by atoms with Crippen molar-refractivity contribution in [2.45, 2.75) is 58.5 Å². The van der Waals surface area contributed by atoms with E-state index in [-0.39, 0.29) is 35.9 Å². The van der Waals surface area contributed by atoms with Crippen molar-refractivity contribution in [1.82, 2.24) is 9.80 Å². The predicted molar refractivity (Wildman–Crippen MR) is 146 cm³/mol. The van der Waals surface area contributed by atoms with E-state index in [1.165, 1.54) is 16.0 Å². The molecule has 0 saturated carbocycles. The topological polar surface area (TPSA) is 49.9 Å². The molecule has 0 saturated heterocycles. The fraction of sp³-hybridized carbons (Fsp3) is 0.400. The molecule has 0 bridgehead atoms. The van der Waals surface area contributed by atoms with Crippen molar-refractivity contribution < 1.29 is 14.3 Å². The molecule has 36 heavy (non-hydrogen) atoms. The van der Waals surface area contributed by atoms with Crippen LogP contribution in [0, 0.1) is 0 Å². The normalized spacial score (nSPS) is 15.5. The van der Waals surface area contributed by atoms with Crippen LogP contribution in [0.25, 0.3) is 0 Å². The molecule has 1 unspecified atom stereocenters. The minimum atomic E-state index is -0.152. The highest BCUT2D eigenvalue weighted by Crippen LogP contribution is 2.38. The van der Waals surface area contributed by atoms with Gasteiger partial charge in [0.2, 0.25) is 5.91 Å². The lowest BCUT2D eigenvalue weighted by Crippen LogP contribution is -2.48. The maximum atomic E-state index is 13.8. The van der Waals surface area contributed by atoms with Crippen molar-refractivity contribution in [1.29, 1.82) is 0 Å². The van der Waals surface area contributed by atoms with E-state index in [0.29, 0.717) is 17.9 Å². The van der Waals surface area contributed by atoms with Gasteiger partial charge in [-0.15, -0.1) is 11.3 Å². The Hall–Kier alpha value is -3.12. The first-order valence-corrected chi connectivity index (χ1v) is 13.4. The van der Waals surface area contributed by atoms with Crippen LogP contribution >= 0.6 is 11.3 Å². The number of hydrogen-bond donors (Lipinski definition) is 0. The first-order chi connectivity index (χ1) is 17.1. The van der Waals surface area contributed by atoms with Gasteiger partial charge in [0.25, 0.3) is 5.91 Å². The summed E-state index contributed by atoms with van der Waals surface area (Å²) in [6.45, 7) is 11.2. The van der Waals surface area contributed by atoms with Crippen molar-refractivity contribution in [3.8, 4) is 5.75 Å². The molecule has 1 aliphatic heterocycles. The smallest absolute Gasteiger partial charge is 0.254 e. The number of carbonyl (C=O) groups excluding carboxylic acids is 2. The van der Waals surface area contributed by atoms with Crippen LogP contribution in [0.3, 0.4) is 0 Å². The van der Waals surface area contributed by atoms with E-state index >= 15 is 0 Å². The molecule has 5 nitrogen and oxygen atoms in total. The predicted octanol–water partition coefficient (Wildman–Crippen LogP) is 6.08. The molecule has 0 N–H and O–H groups in total. The summed E-state index contributed by atoms with van der Waals surface area (Å²) in [6.07, 6.45) is 0.837. The number of thiophene rings is 1. The Labute approximate surface area is 218 Å². The van der Waals surface area contributed by atoms with Gasteiger partial charge in [0, 0.05) is 23.0 Å². The van der Waals surface area contributed by atoms with Gasteiger partial charge >= 0.3 is 0 Å². The van der Waals surface area contributed by atoms with Gasteiger partial charge in [-0.05, 0) is 78.1 Å². The Morgan fingerprint density at radius 2 is 1.72 bits per heavy atom. The number of amides is 2. The van der Waals surface area contributed by atoms with Crippen LogP contribution < -0.4 is 4.74 Å². The summed E-state index contributed by atoms with van der Waals surface area (Å²) < 4.78 is 5.22. The zero-order valence-electron chi connectivity index (χ0n) is 22.1. The number of benzene rings is 2. The SMILES string of the molecule is COc1ccc(C(=O)N(CC(=O)N2CCc3sccc3C2c2ccc(C(C)(C)C)cc2)C(C)C)cc1. The highest BCUT2D eigenvalue weighted by molar-refractivity contribution is 7.10. The third kappa shape index (κ3) is 5.34. The molecular formula is C30H36N2O3S. The molecule has 1 aliphatic rings. The van der Waals surface area contributed by atoms with Gasteiger partial charge in [-0.25, -0.2) is 0 Å². The van der Waals surface area contributed by atoms with Gasteiger partial charge in [0.05, 0.1) is 13.2 Å². The first-order valence-electron chi connectivity index (χ1n) is 12.5. The maximum Gasteiger partial charge on any atom is 0.254 e. The maximum absolute atomic E-state index is 13.8. The molecule has 4 rings (SSSR count). The molecule has 190 valence electrons. The van der Waals surface area contributed by atoms with E-state index in [1.807, 2.05) is 18.7 Å². The van der Waals surface area contributed by atoms with Gasteiger partial charge < -0.3 is 14.5 Å². The van der Waals surface area contributed by atoms with Gasteiger partial charge in [-0.2, -0.15) is 0 Å². The van der Waals surface area contributed by atoms with Crippen molar-refractivity contribution in [3.05, 3.63) is 87.1 Å². The van der Waals surface area contributed by atoms with Crippen molar-refractivity contribution in [2.75, 3.05) is 20.2 Å². The third-order valence-electron chi connectivity index (χ3n) is 6.91. The van der Waals surface area contributed by atoms with Crippen molar-refractivity contribution in [2.24, 2.45) is 0 Å². The first kappa shape index (κ1) is 26.0. The number of hydrogen-bond acceptors (Lipinski definition) is 4. The molecule has 1 aromatic heterocycles. The summed E-state index contributed by atoms with van der Waals surface area (Å²) in [5.74, 6) is 0.506. The zero-order valence-corrected chi connectivity index (χ0v) is 22.9. The molecule has 2 aromatic carbocycles. The summed E-state index contributed by atoms with van der Waals surface area (Å²) in [5.41, 5.74) is 4.18. The van der Waals surface area contributed by atoms with Crippen LogP contribution in [0.4, 0.5) is 0 Å². The van der Waals surface area contributed by atoms with E-state index in [4.69, 9.17) is 4.74 Å². The second-order valence-corrected chi connectivity index (χ2v) is 11.7. The summed E-state index contributed by atoms with van der Waals surface area (Å²) >= 11 is 1.76. The molecule has 2 amide bonds. The van der Waals surface area contributed by atoms with Gasteiger partial charge in [-0.1, -0.05) is 45.0 Å². The number of methoxy groups -OCH3 is 1. The standard InChI is InChI=1S/C30H36N2O3S/c1-20(2)32(29(34)22-9-13-24(35-6)14-10-22)19-27(33)31-17-15-26-25(16-18-36-26)28(31)21-7-11-23(12-8-21)30(3,4)5/h7-14,16,18,20,28H,15,17,19H2,1-6H3. The van der Waals surface area contributed by atoms with Crippen LogP contribution in [0.1, 0.15) is 72.6 Å². The summed E-state index contributed by atoms with van der Waals surface area (Å²) in [4.78, 5) is 32.1. The molecule has 0 spiro atoms. The quantitative estimate of drug-likeness (QED) is 0.409. The molecule has 0 radical (unpaired) electrons. The fourth-order valence-electron chi connectivity index (χ4n) is 4.73. The number of fused-ring (bicyclic) bond motifs is 1. The summed E-state index contributed by atoms with van der Waals surface area (Å²) in [5, 5.41) is 2.11. The fourth-order valence-corrected chi connectivity index (χ4v) is 5.64. The Bertz CT molecular complexity index is 1210. The third-order valence-corrected chi connectivity index (χ3v) is 7.90. The minimum Gasteiger partial charge on any atom is -0.497 e. The number of nitrogens with zero attached hydrogens (tertiary/aromatic N) is 2. The zero-order chi connectivity index (χ0) is 26.0. The van der Waals surface area contributed by atoms with Gasteiger partial charge in [-0.3, -0.25) is 9.59 Å². The Morgan fingerprint density at radius 3 is 2.31 bits per heavy atom. The highest BCUT2D eigenvalue weighted by atomic mass is 32.1. The second-order valence-electron chi connectivity index (χ2n) is 10.7. The number of rotatable bonds is 6. The number of ether oxygens (including phenoxy) is 1. The van der Waals surface area contributed by atoms with Crippen molar-refractivity contribution in [3.63, 3.8) is 0 Å². The number of carbonyl (C=O) groups is 2. The average molecular weight is 505 g/mol. The molecular weight excluding hydrogens is 468 g/mol. The summed E-state index contributed by atoms with van der Waals surface area (Å²) in [6, 6.07) is 17.6. The van der Waals surface area contributed by atoms with Crippen LogP contribution in [-0.2, 0) is 16.6 Å². The van der Waals surface area contributed by atoms with E-state index in [2.05, 4.69) is 56.5 Å². The minimum absolute atomic E-state index is 0.0349. The monoisotopic (exact) mass is 504 g/mol. The van der Waals surface area contributed by atoms with Crippen LogP contribution in [0.15, 0.2) is 60.0 Å². The molecule has 1 atom stereocenters. The van der Waals surface area contributed by atoms with Crippen LogP contribution in [0.2, 0.25) is 0 Å². The Morgan fingerprint density at radius 1 is 1.06 bits per heavy atom. The molecule has 3 aromatic rings. The Kier molecular flexibility index (Phi) is 7.55. The molecule has 0 aliphatic carbocycles. The van der Waals surface area contributed by atoms with Gasteiger partial charge in [0.1, 0.15) is 12.3 Å². The van der Waals surface area contributed by atoms with Crippen LogP contribution in [-0.4, -0.2) is 47.9 Å². The Balaban J connectivity index is 1.61. The second kappa shape index (κ2) is 10.5. The molecule has 0 fully saturated rings. The molecule has 6 heteroatoms. The van der Waals surface area contributed by atoms with E-state index in [1.54, 1.807) is 47.6 Å². The average Bonchev–Trinajstić information content (AvgIpc) is 3.34. The van der Waals surface area contributed by atoms with Crippen LogP contribution in [0.5, 0.6) is 5.75 Å². The molecule has 2 heterocycles. The van der Waals surface area contributed by atoms with Crippen molar-refractivity contribution >= 4 is 23.2 Å². The summed E-state index contributed by atoms with van der Waals surface area (Å²) in [7, 11) is 1.60. The van der Waals surface area contributed by atoms with E-state index < -0.39 is 0 Å². The lowest BCUT2D eigenvalue weighted by atomic mass is 9.85. The highest BCUT2D eigenvalue weighted by Gasteiger charge is 2.34. The van der Waals surface area contributed by atoms with Gasteiger partial charge in [0.15, 0.2) is 0 Å². The lowest BCUT2D eigenvalue weighted by Gasteiger charge is -2.38. The van der Waals surface area contributed by atoms with E-state index in [0.717, 1.165) is 12.0 Å². The largest absolute Gasteiger partial charge is 0.497 e. The van der Waals surface area contributed by atoms with E-state index in [9.17, 15) is 9.59 Å².